The summed E-state index contributed by atoms with van der Waals surface area (Å²) in [5.41, 5.74) is 0.271. The van der Waals surface area contributed by atoms with Crippen LogP contribution in [0.15, 0.2) is 30.5 Å². The predicted molar refractivity (Wildman–Crippen MR) is 83.9 cm³/mol. The second-order valence-electron chi connectivity index (χ2n) is 6.04. The third kappa shape index (κ3) is 2.46. The number of carboxylic acids is 1. The summed E-state index contributed by atoms with van der Waals surface area (Å²) in [6.07, 6.45) is 2.64. The minimum absolute atomic E-state index is 0.271. The van der Waals surface area contributed by atoms with Gasteiger partial charge in [0.15, 0.2) is 0 Å². The number of hydrogen-bond donors (Lipinski definition) is 1. The first-order valence-corrected chi connectivity index (χ1v) is 7.44. The molecule has 21 heavy (non-hydrogen) atoms. The van der Waals surface area contributed by atoms with Gasteiger partial charge in [-0.1, -0.05) is 38.1 Å². The maximum atomic E-state index is 11.3. The Kier molecular flexibility index (Phi) is 3.53. The van der Waals surface area contributed by atoms with Crippen LogP contribution >= 0.6 is 0 Å². The van der Waals surface area contributed by atoms with Gasteiger partial charge in [0, 0.05) is 30.1 Å². The number of rotatable bonds is 2. The Balaban J connectivity index is 2.08. The van der Waals surface area contributed by atoms with Gasteiger partial charge in [0.25, 0.3) is 0 Å². The second kappa shape index (κ2) is 5.35. The number of nitrogens with zero attached hydrogens (tertiary/aromatic N) is 2. The molecule has 0 aliphatic carbocycles. The van der Waals surface area contributed by atoms with Gasteiger partial charge in [-0.05, 0) is 18.3 Å². The number of carbonyl (C=O) groups is 1. The maximum absolute atomic E-state index is 11.3. The number of pyridine rings is 1. The summed E-state index contributed by atoms with van der Waals surface area (Å²) in [7, 11) is 0. The highest BCUT2D eigenvalue weighted by Crippen LogP contribution is 2.31. The zero-order chi connectivity index (χ0) is 15.0. The SMILES string of the molecule is CC1CCN(c2ncc(C(=O)O)c3ccccc23)CC1C. The fraction of sp³-hybridized carbons (Fsp3) is 0.412. The van der Waals surface area contributed by atoms with Gasteiger partial charge in [0.1, 0.15) is 5.82 Å². The number of fused-ring (bicyclic) bond motifs is 1. The Bertz CT molecular complexity index is 684. The molecular weight excluding hydrogens is 264 g/mol. The third-order valence-electron chi connectivity index (χ3n) is 4.64. The molecule has 1 aliphatic heterocycles. The molecular formula is C17H20N2O2. The average Bonchev–Trinajstić information content (AvgIpc) is 2.49. The molecule has 1 fully saturated rings. The van der Waals surface area contributed by atoms with Gasteiger partial charge in [-0.15, -0.1) is 0 Å². The molecule has 110 valence electrons. The number of carboxylic acid groups (broad SMARTS) is 1. The normalized spacial score (nSPS) is 22.5. The van der Waals surface area contributed by atoms with Crippen molar-refractivity contribution < 1.29 is 9.90 Å². The molecule has 4 nitrogen and oxygen atoms in total. The summed E-state index contributed by atoms with van der Waals surface area (Å²) in [5.74, 6) is 1.34. The topological polar surface area (TPSA) is 53.4 Å². The molecule has 2 unspecified atom stereocenters. The molecule has 0 amide bonds. The molecule has 1 N–H and O–H groups in total. The van der Waals surface area contributed by atoms with Crippen LogP contribution in [0.3, 0.4) is 0 Å². The van der Waals surface area contributed by atoms with Gasteiger partial charge in [0.2, 0.25) is 0 Å². The van der Waals surface area contributed by atoms with Crippen molar-refractivity contribution in [2.24, 2.45) is 11.8 Å². The van der Waals surface area contributed by atoms with Gasteiger partial charge >= 0.3 is 5.97 Å². The smallest absolute Gasteiger partial charge is 0.337 e. The van der Waals surface area contributed by atoms with Gasteiger partial charge in [-0.3, -0.25) is 0 Å². The van der Waals surface area contributed by atoms with E-state index in [9.17, 15) is 9.90 Å². The molecule has 2 atom stereocenters. The molecule has 1 aromatic carbocycles. The van der Waals surface area contributed by atoms with Gasteiger partial charge in [0.05, 0.1) is 5.56 Å². The van der Waals surface area contributed by atoms with Crippen LogP contribution in [0, 0.1) is 11.8 Å². The lowest BCUT2D eigenvalue weighted by Crippen LogP contribution is -2.39. The first kappa shape index (κ1) is 13.9. The molecule has 0 bridgehead atoms. The van der Waals surface area contributed by atoms with E-state index in [1.165, 1.54) is 6.20 Å². The monoisotopic (exact) mass is 284 g/mol. The Morgan fingerprint density at radius 3 is 2.62 bits per heavy atom. The van der Waals surface area contributed by atoms with Gasteiger partial charge in [-0.25, -0.2) is 9.78 Å². The first-order valence-electron chi connectivity index (χ1n) is 7.44. The standard InChI is InChI=1S/C17H20N2O2/c1-11-7-8-19(10-12(11)2)16-14-6-4-3-5-13(14)15(9-18-16)17(20)21/h3-6,9,11-12H,7-8,10H2,1-2H3,(H,20,21). The fourth-order valence-corrected chi connectivity index (χ4v) is 3.06. The van der Waals surface area contributed by atoms with E-state index < -0.39 is 5.97 Å². The van der Waals surface area contributed by atoms with E-state index in [1.54, 1.807) is 0 Å². The van der Waals surface area contributed by atoms with Crippen LogP contribution in [0.25, 0.3) is 10.8 Å². The van der Waals surface area contributed by atoms with Crippen LogP contribution in [0.4, 0.5) is 5.82 Å². The van der Waals surface area contributed by atoms with Crippen LogP contribution in [0.1, 0.15) is 30.6 Å². The molecule has 1 aromatic heterocycles. The molecule has 4 heteroatoms. The molecule has 1 saturated heterocycles. The fourth-order valence-electron chi connectivity index (χ4n) is 3.06. The van der Waals surface area contributed by atoms with Crippen molar-refractivity contribution in [2.45, 2.75) is 20.3 Å². The number of hydrogen-bond acceptors (Lipinski definition) is 3. The lowest BCUT2D eigenvalue weighted by Gasteiger charge is -2.36. The van der Waals surface area contributed by atoms with Gasteiger partial charge < -0.3 is 10.0 Å². The van der Waals surface area contributed by atoms with E-state index in [0.29, 0.717) is 5.92 Å². The quantitative estimate of drug-likeness (QED) is 0.918. The molecule has 3 rings (SSSR count). The van der Waals surface area contributed by atoms with E-state index in [0.717, 1.165) is 42.0 Å². The van der Waals surface area contributed by atoms with Crippen molar-refractivity contribution in [2.75, 3.05) is 18.0 Å². The average molecular weight is 284 g/mol. The lowest BCUT2D eigenvalue weighted by atomic mass is 9.88. The van der Waals surface area contributed by atoms with E-state index >= 15 is 0 Å². The summed E-state index contributed by atoms with van der Waals surface area (Å²) in [5, 5.41) is 11.0. The molecule has 2 aromatic rings. The summed E-state index contributed by atoms with van der Waals surface area (Å²) in [6.45, 7) is 6.52. The molecule has 2 heterocycles. The largest absolute Gasteiger partial charge is 0.478 e. The van der Waals surface area contributed by atoms with Crippen LogP contribution < -0.4 is 4.90 Å². The van der Waals surface area contributed by atoms with Crippen molar-refractivity contribution in [1.82, 2.24) is 4.98 Å². The Morgan fingerprint density at radius 2 is 1.95 bits per heavy atom. The van der Waals surface area contributed by atoms with E-state index in [1.807, 2.05) is 24.3 Å². The van der Waals surface area contributed by atoms with Crippen molar-refractivity contribution in [3.05, 3.63) is 36.0 Å². The van der Waals surface area contributed by atoms with Crippen molar-refractivity contribution in [3.8, 4) is 0 Å². The highest BCUT2D eigenvalue weighted by molar-refractivity contribution is 6.06. The van der Waals surface area contributed by atoms with Crippen LogP contribution in [-0.2, 0) is 0 Å². The zero-order valence-electron chi connectivity index (χ0n) is 12.4. The van der Waals surface area contributed by atoms with Crippen LogP contribution in [0.2, 0.25) is 0 Å². The zero-order valence-corrected chi connectivity index (χ0v) is 12.4. The van der Waals surface area contributed by atoms with E-state index in [4.69, 9.17) is 0 Å². The minimum Gasteiger partial charge on any atom is -0.478 e. The minimum atomic E-state index is -0.925. The number of benzene rings is 1. The maximum Gasteiger partial charge on any atom is 0.337 e. The molecule has 0 spiro atoms. The highest BCUT2D eigenvalue weighted by Gasteiger charge is 2.25. The Labute approximate surface area is 124 Å². The van der Waals surface area contributed by atoms with Crippen molar-refractivity contribution in [1.29, 1.82) is 0 Å². The highest BCUT2D eigenvalue weighted by atomic mass is 16.4. The van der Waals surface area contributed by atoms with E-state index in [2.05, 4.69) is 23.7 Å². The molecule has 1 aliphatic rings. The van der Waals surface area contributed by atoms with Crippen LogP contribution in [-0.4, -0.2) is 29.1 Å². The summed E-state index contributed by atoms with van der Waals surface area (Å²) in [6, 6.07) is 7.64. The van der Waals surface area contributed by atoms with E-state index in [-0.39, 0.29) is 5.56 Å². The molecule has 0 radical (unpaired) electrons. The van der Waals surface area contributed by atoms with Gasteiger partial charge in [-0.2, -0.15) is 0 Å². The number of anilines is 1. The Morgan fingerprint density at radius 1 is 1.24 bits per heavy atom. The predicted octanol–water partition coefficient (Wildman–Crippen LogP) is 3.42. The van der Waals surface area contributed by atoms with Crippen LogP contribution in [0.5, 0.6) is 0 Å². The van der Waals surface area contributed by atoms with Crippen molar-refractivity contribution >= 4 is 22.6 Å². The lowest BCUT2D eigenvalue weighted by molar-refractivity contribution is 0.0698. The second-order valence-corrected chi connectivity index (χ2v) is 6.04. The number of piperidine rings is 1. The number of aromatic carboxylic acids is 1. The molecule has 0 saturated carbocycles. The first-order chi connectivity index (χ1) is 10.1. The summed E-state index contributed by atoms with van der Waals surface area (Å²) in [4.78, 5) is 18.1. The summed E-state index contributed by atoms with van der Waals surface area (Å²) >= 11 is 0. The number of aromatic nitrogens is 1. The third-order valence-corrected chi connectivity index (χ3v) is 4.64. The Hall–Kier alpha value is -2.10. The van der Waals surface area contributed by atoms with Crippen molar-refractivity contribution in [3.63, 3.8) is 0 Å². The summed E-state index contributed by atoms with van der Waals surface area (Å²) < 4.78 is 0.